The van der Waals surface area contributed by atoms with Crippen LogP contribution in [-0.4, -0.2) is 14.9 Å². The molecule has 2 rings (SSSR count). The fourth-order valence-electron chi connectivity index (χ4n) is 1.35. The third-order valence-corrected chi connectivity index (χ3v) is 3.18. The summed E-state index contributed by atoms with van der Waals surface area (Å²) in [6, 6.07) is 7.11. The first-order chi connectivity index (χ1) is 8.56. The molecule has 2 N–H and O–H groups in total. The Kier molecular flexibility index (Phi) is 4.06. The lowest BCUT2D eigenvalue weighted by Crippen LogP contribution is -2.19. The highest BCUT2D eigenvalue weighted by Crippen LogP contribution is 2.29. The Labute approximate surface area is 120 Å². The fourth-order valence-corrected chi connectivity index (χ4v) is 1.91. The van der Waals surface area contributed by atoms with Gasteiger partial charge in [-0.2, -0.15) is 5.10 Å². The Morgan fingerprint density at radius 2 is 2.06 bits per heavy atom. The summed E-state index contributed by atoms with van der Waals surface area (Å²) in [6.45, 7) is 0. The van der Waals surface area contributed by atoms with Crippen LogP contribution in [0.4, 0.5) is 11.5 Å². The maximum atomic E-state index is 6.04. The average molecular weight is 301 g/mol. The molecule has 0 radical (unpaired) electrons. The van der Waals surface area contributed by atoms with Gasteiger partial charge in [0.1, 0.15) is 0 Å². The molecule has 2 aromatic rings. The second kappa shape index (κ2) is 5.56. The SMILES string of the molecule is Cn1ccc(NC(=S)Nc2cccc(Cl)c2Cl)n1. The summed E-state index contributed by atoms with van der Waals surface area (Å²) in [4.78, 5) is 0. The molecule has 0 bridgehead atoms. The van der Waals surface area contributed by atoms with Crippen LogP contribution in [-0.2, 0) is 7.05 Å². The second-order valence-corrected chi connectivity index (χ2v) is 4.75. The number of aryl methyl sites for hydroxylation is 1. The first kappa shape index (κ1) is 13.1. The lowest BCUT2D eigenvalue weighted by atomic mass is 10.3. The maximum Gasteiger partial charge on any atom is 0.176 e. The molecule has 94 valence electrons. The van der Waals surface area contributed by atoms with Crippen LogP contribution in [0.3, 0.4) is 0 Å². The van der Waals surface area contributed by atoms with Gasteiger partial charge in [-0.3, -0.25) is 4.68 Å². The van der Waals surface area contributed by atoms with Crippen molar-refractivity contribution in [3.8, 4) is 0 Å². The summed E-state index contributed by atoms with van der Waals surface area (Å²) in [5.41, 5.74) is 0.651. The van der Waals surface area contributed by atoms with Crippen molar-refractivity contribution in [3.63, 3.8) is 0 Å². The normalized spacial score (nSPS) is 10.2. The number of rotatable bonds is 2. The topological polar surface area (TPSA) is 41.9 Å². The minimum Gasteiger partial charge on any atom is -0.331 e. The van der Waals surface area contributed by atoms with Crippen molar-refractivity contribution in [1.82, 2.24) is 9.78 Å². The van der Waals surface area contributed by atoms with Gasteiger partial charge >= 0.3 is 0 Å². The third-order valence-electron chi connectivity index (χ3n) is 2.16. The van der Waals surface area contributed by atoms with E-state index >= 15 is 0 Å². The summed E-state index contributed by atoms with van der Waals surface area (Å²) in [5.74, 6) is 0.660. The van der Waals surface area contributed by atoms with Crippen LogP contribution >= 0.6 is 35.4 Å². The second-order valence-electron chi connectivity index (χ2n) is 3.56. The molecule has 0 aliphatic rings. The van der Waals surface area contributed by atoms with E-state index in [-0.39, 0.29) is 0 Å². The smallest absolute Gasteiger partial charge is 0.176 e. The zero-order valence-electron chi connectivity index (χ0n) is 9.45. The van der Waals surface area contributed by atoms with Crippen molar-refractivity contribution in [2.24, 2.45) is 7.05 Å². The number of benzene rings is 1. The molecule has 0 aliphatic heterocycles. The van der Waals surface area contributed by atoms with Gasteiger partial charge in [0.2, 0.25) is 0 Å². The molecule has 0 fully saturated rings. The van der Waals surface area contributed by atoms with Gasteiger partial charge in [-0.25, -0.2) is 0 Å². The van der Waals surface area contributed by atoms with Gasteiger partial charge in [0, 0.05) is 19.3 Å². The van der Waals surface area contributed by atoms with E-state index in [9.17, 15) is 0 Å². The lowest BCUT2D eigenvalue weighted by Gasteiger charge is -2.10. The van der Waals surface area contributed by atoms with Crippen LogP contribution in [0, 0.1) is 0 Å². The quantitative estimate of drug-likeness (QED) is 0.833. The molecule has 18 heavy (non-hydrogen) atoms. The molecule has 0 atom stereocenters. The molecule has 0 saturated heterocycles. The number of aromatic nitrogens is 2. The van der Waals surface area contributed by atoms with Crippen molar-refractivity contribution >= 4 is 52.0 Å². The number of anilines is 2. The van der Waals surface area contributed by atoms with Crippen molar-refractivity contribution in [2.75, 3.05) is 10.6 Å². The molecule has 1 aromatic carbocycles. The van der Waals surface area contributed by atoms with Gasteiger partial charge < -0.3 is 10.6 Å². The van der Waals surface area contributed by atoms with Gasteiger partial charge in [-0.1, -0.05) is 29.3 Å². The predicted molar refractivity (Wildman–Crippen MR) is 79.5 cm³/mol. The molecule has 4 nitrogen and oxygen atoms in total. The van der Waals surface area contributed by atoms with Crippen molar-refractivity contribution in [2.45, 2.75) is 0 Å². The van der Waals surface area contributed by atoms with Crippen LogP contribution in [0.15, 0.2) is 30.5 Å². The van der Waals surface area contributed by atoms with Crippen LogP contribution in [0.2, 0.25) is 10.0 Å². The molecule has 0 amide bonds. The van der Waals surface area contributed by atoms with Crippen LogP contribution in [0.5, 0.6) is 0 Å². The number of nitrogens with one attached hydrogen (secondary N) is 2. The Balaban J connectivity index is 2.05. The number of hydrogen-bond donors (Lipinski definition) is 2. The highest BCUT2D eigenvalue weighted by molar-refractivity contribution is 7.80. The third kappa shape index (κ3) is 3.13. The van der Waals surface area contributed by atoms with Crippen molar-refractivity contribution in [1.29, 1.82) is 0 Å². The number of hydrogen-bond acceptors (Lipinski definition) is 2. The summed E-state index contributed by atoms with van der Waals surface area (Å²) in [5, 5.41) is 11.4. The highest BCUT2D eigenvalue weighted by Gasteiger charge is 2.06. The lowest BCUT2D eigenvalue weighted by molar-refractivity contribution is 0.772. The molecular formula is C11H10Cl2N4S. The summed E-state index contributed by atoms with van der Waals surface area (Å²) in [6.07, 6.45) is 1.82. The van der Waals surface area contributed by atoms with Gasteiger partial charge in [-0.15, -0.1) is 0 Å². The fraction of sp³-hybridized carbons (Fsp3) is 0.0909. The summed E-state index contributed by atoms with van der Waals surface area (Å²) in [7, 11) is 1.83. The van der Waals surface area contributed by atoms with E-state index in [1.165, 1.54) is 0 Å². The van der Waals surface area contributed by atoms with E-state index in [0.717, 1.165) is 0 Å². The molecule has 7 heteroatoms. The minimum atomic E-state index is 0.401. The number of nitrogens with zero attached hydrogens (tertiary/aromatic N) is 2. The maximum absolute atomic E-state index is 6.04. The van der Waals surface area contributed by atoms with Gasteiger partial charge in [0.05, 0.1) is 15.7 Å². The van der Waals surface area contributed by atoms with E-state index in [2.05, 4.69) is 15.7 Å². The number of halogens is 2. The van der Waals surface area contributed by atoms with Crippen LogP contribution in [0.1, 0.15) is 0 Å². The molecule has 0 saturated carbocycles. The Bertz CT molecular complexity index is 582. The van der Waals surface area contributed by atoms with Crippen molar-refractivity contribution < 1.29 is 0 Å². The zero-order valence-corrected chi connectivity index (χ0v) is 11.8. The molecular weight excluding hydrogens is 291 g/mol. The van der Waals surface area contributed by atoms with Crippen LogP contribution in [0.25, 0.3) is 0 Å². The van der Waals surface area contributed by atoms with Gasteiger partial charge in [0.15, 0.2) is 10.9 Å². The zero-order chi connectivity index (χ0) is 13.1. The molecule has 0 aliphatic carbocycles. The molecule has 0 unspecified atom stereocenters. The Morgan fingerprint density at radius 3 is 2.72 bits per heavy atom. The van der Waals surface area contributed by atoms with E-state index in [0.29, 0.717) is 26.7 Å². The largest absolute Gasteiger partial charge is 0.331 e. The Morgan fingerprint density at radius 1 is 1.28 bits per heavy atom. The van der Waals surface area contributed by atoms with E-state index in [1.807, 2.05) is 19.3 Å². The summed E-state index contributed by atoms with van der Waals surface area (Å²) < 4.78 is 1.68. The first-order valence-electron chi connectivity index (χ1n) is 5.08. The Hall–Kier alpha value is -1.30. The van der Waals surface area contributed by atoms with E-state index in [4.69, 9.17) is 35.4 Å². The summed E-state index contributed by atoms with van der Waals surface area (Å²) >= 11 is 17.1. The number of thiocarbonyl (C=S) groups is 1. The highest BCUT2D eigenvalue weighted by atomic mass is 35.5. The van der Waals surface area contributed by atoms with Crippen molar-refractivity contribution in [3.05, 3.63) is 40.5 Å². The first-order valence-corrected chi connectivity index (χ1v) is 6.24. The average Bonchev–Trinajstić information content (AvgIpc) is 2.70. The van der Waals surface area contributed by atoms with E-state index in [1.54, 1.807) is 22.9 Å². The minimum absolute atomic E-state index is 0.401. The monoisotopic (exact) mass is 300 g/mol. The van der Waals surface area contributed by atoms with Crippen LogP contribution < -0.4 is 10.6 Å². The molecule has 1 aromatic heterocycles. The van der Waals surface area contributed by atoms with Gasteiger partial charge in [0.25, 0.3) is 0 Å². The predicted octanol–water partition coefficient (Wildman–Crippen LogP) is 3.54. The molecule has 1 heterocycles. The molecule has 0 spiro atoms. The van der Waals surface area contributed by atoms with Gasteiger partial charge in [-0.05, 0) is 24.4 Å². The standard InChI is InChI=1S/C11H10Cl2N4S/c1-17-6-5-9(16-17)15-11(18)14-8-4-2-3-7(12)10(8)13/h2-6H,1H3,(H2,14,15,16,18). The van der Waals surface area contributed by atoms with E-state index < -0.39 is 0 Å².